The van der Waals surface area contributed by atoms with Crippen molar-refractivity contribution < 1.29 is 9.53 Å². The molecule has 0 spiro atoms. The minimum absolute atomic E-state index is 0.0268. The fourth-order valence-electron chi connectivity index (χ4n) is 6.23. The van der Waals surface area contributed by atoms with Gasteiger partial charge in [0.15, 0.2) is 0 Å². The third-order valence-electron chi connectivity index (χ3n) is 8.79. The first-order valence-electron chi connectivity index (χ1n) is 16.3. The van der Waals surface area contributed by atoms with E-state index in [2.05, 4.69) is 127 Å². The summed E-state index contributed by atoms with van der Waals surface area (Å²) >= 11 is 0. The van der Waals surface area contributed by atoms with E-state index in [1.54, 1.807) is 0 Å². The van der Waals surface area contributed by atoms with Crippen LogP contribution in [0.5, 0.6) is 0 Å². The van der Waals surface area contributed by atoms with E-state index in [1.807, 2.05) is 11.0 Å². The van der Waals surface area contributed by atoms with E-state index in [-0.39, 0.29) is 12.1 Å². The number of nitrogens with zero attached hydrogens (tertiary/aromatic N) is 2. The van der Waals surface area contributed by atoms with Crippen molar-refractivity contribution in [2.75, 3.05) is 25.0 Å². The number of carbonyl (C=O) groups is 1. The van der Waals surface area contributed by atoms with Crippen LogP contribution in [0.25, 0.3) is 0 Å². The molecule has 0 saturated carbocycles. The lowest BCUT2D eigenvalue weighted by atomic mass is 9.99. The Hall–Kier alpha value is -4.09. The van der Waals surface area contributed by atoms with E-state index in [0.29, 0.717) is 25.7 Å². The van der Waals surface area contributed by atoms with E-state index in [0.717, 1.165) is 45.2 Å². The van der Waals surface area contributed by atoms with E-state index < -0.39 is 0 Å². The summed E-state index contributed by atoms with van der Waals surface area (Å²) in [6.07, 6.45) is 4.45. The third-order valence-corrected chi connectivity index (χ3v) is 8.79. The number of carbonyl (C=O) groups excluding carboxylic acids is 1. The number of hydrogen-bond donors (Lipinski definition) is 1. The van der Waals surface area contributed by atoms with Crippen molar-refractivity contribution in [2.45, 2.75) is 71.1 Å². The van der Waals surface area contributed by atoms with E-state index >= 15 is 0 Å². The molecule has 1 aliphatic heterocycles. The largest absolute Gasteiger partial charge is 0.448 e. The van der Waals surface area contributed by atoms with Crippen molar-refractivity contribution in [3.05, 3.63) is 137 Å². The molecule has 1 saturated heterocycles. The van der Waals surface area contributed by atoms with Crippen LogP contribution in [0.4, 0.5) is 10.5 Å². The molecule has 0 aromatic heterocycles. The zero-order valence-corrected chi connectivity index (χ0v) is 26.3. The van der Waals surface area contributed by atoms with Crippen LogP contribution in [0.3, 0.4) is 0 Å². The van der Waals surface area contributed by atoms with E-state index in [9.17, 15) is 4.79 Å². The summed E-state index contributed by atoms with van der Waals surface area (Å²) in [7, 11) is 0. The number of piperidine rings is 1. The normalized spacial score (nSPS) is 14.4. The molecule has 1 heterocycles. The molecule has 1 N–H and O–H groups in total. The number of nitrogens with one attached hydrogen (secondary N) is 1. The van der Waals surface area contributed by atoms with Gasteiger partial charge in [0.05, 0.1) is 0 Å². The smallest absolute Gasteiger partial charge is 0.409 e. The Labute approximate surface area is 263 Å². The van der Waals surface area contributed by atoms with Crippen LogP contribution in [0.15, 0.2) is 109 Å². The predicted octanol–water partition coefficient (Wildman–Crippen LogP) is 8.14. The van der Waals surface area contributed by atoms with Crippen LogP contribution in [0, 0.1) is 0 Å². The molecule has 230 valence electrons. The second kappa shape index (κ2) is 16.1. The highest BCUT2D eigenvalue weighted by Crippen LogP contribution is 2.26. The molecule has 5 rings (SSSR count). The molecule has 0 unspecified atom stereocenters. The van der Waals surface area contributed by atoms with Gasteiger partial charge in [-0.3, -0.25) is 4.90 Å². The van der Waals surface area contributed by atoms with Crippen LogP contribution in [0.1, 0.15) is 54.5 Å². The average Bonchev–Trinajstić information content (AvgIpc) is 3.08. The lowest BCUT2D eigenvalue weighted by Gasteiger charge is -2.35. The lowest BCUT2D eigenvalue weighted by molar-refractivity contribution is 0.0543. The molecule has 0 aliphatic carbocycles. The van der Waals surface area contributed by atoms with Crippen molar-refractivity contribution in [1.29, 1.82) is 0 Å². The zero-order valence-electron chi connectivity index (χ0n) is 26.3. The maximum atomic E-state index is 13.4. The van der Waals surface area contributed by atoms with Crippen LogP contribution < -0.4 is 5.32 Å². The first kappa shape index (κ1) is 31.3. The maximum absolute atomic E-state index is 13.4. The number of rotatable bonds is 13. The zero-order chi connectivity index (χ0) is 30.6. The molecular weight excluding hydrogens is 542 g/mol. The summed E-state index contributed by atoms with van der Waals surface area (Å²) in [5.74, 6) is 0. The Balaban J connectivity index is 1.25. The minimum Gasteiger partial charge on any atom is -0.448 e. The molecule has 4 aromatic rings. The number of para-hydroxylation sites is 1. The summed E-state index contributed by atoms with van der Waals surface area (Å²) in [5.41, 5.74) is 7.76. The Morgan fingerprint density at radius 2 is 1.25 bits per heavy atom. The number of aryl methyl sites for hydroxylation is 2. The van der Waals surface area contributed by atoms with Gasteiger partial charge in [-0.25, -0.2) is 4.79 Å². The Bertz CT molecular complexity index is 1360. The highest BCUT2D eigenvalue weighted by Gasteiger charge is 2.27. The number of amides is 1. The van der Waals surface area contributed by atoms with E-state index in [4.69, 9.17) is 4.74 Å². The van der Waals surface area contributed by atoms with Gasteiger partial charge in [0, 0.05) is 44.0 Å². The maximum Gasteiger partial charge on any atom is 0.409 e. The molecule has 1 atom stereocenters. The fraction of sp³-hybridized carbons (Fsp3) is 0.359. The predicted molar refractivity (Wildman–Crippen MR) is 181 cm³/mol. The number of anilines is 1. The minimum atomic E-state index is -0.205. The first-order chi connectivity index (χ1) is 21.6. The molecule has 5 heteroatoms. The Morgan fingerprint density at radius 3 is 1.75 bits per heavy atom. The van der Waals surface area contributed by atoms with Gasteiger partial charge in [-0.1, -0.05) is 123 Å². The topological polar surface area (TPSA) is 44.8 Å². The molecule has 1 aliphatic rings. The van der Waals surface area contributed by atoms with Gasteiger partial charge in [-0.05, 0) is 59.9 Å². The van der Waals surface area contributed by atoms with Gasteiger partial charge >= 0.3 is 6.09 Å². The number of benzene rings is 4. The van der Waals surface area contributed by atoms with Crippen molar-refractivity contribution in [3.63, 3.8) is 0 Å². The summed E-state index contributed by atoms with van der Waals surface area (Å²) in [4.78, 5) is 17.8. The number of likely N-dealkylation sites (tertiary alicyclic amines) is 1. The standard InChI is InChI=1S/C39H47N3O2/c1-3-34-21-14-22-35(4-2)38(34)40-36-23-25-41(26-24-36)39(43)44-30-37(27-31-15-8-5-9-16-31)42(28-32-17-10-6-11-18-32)29-33-19-12-7-13-20-33/h5-22,36-37,40H,3-4,23-30H2,1-2H3/t37-/m1/s1. The van der Waals surface area contributed by atoms with Crippen LogP contribution in [-0.2, 0) is 37.1 Å². The van der Waals surface area contributed by atoms with Crippen molar-refractivity contribution >= 4 is 11.8 Å². The monoisotopic (exact) mass is 589 g/mol. The second-order valence-corrected chi connectivity index (χ2v) is 11.9. The molecule has 44 heavy (non-hydrogen) atoms. The van der Waals surface area contributed by atoms with Crippen LogP contribution >= 0.6 is 0 Å². The Kier molecular flexibility index (Phi) is 11.5. The quantitative estimate of drug-likeness (QED) is 0.171. The van der Waals surface area contributed by atoms with Gasteiger partial charge < -0.3 is 15.0 Å². The van der Waals surface area contributed by atoms with Crippen molar-refractivity contribution in [1.82, 2.24) is 9.80 Å². The lowest BCUT2D eigenvalue weighted by Crippen LogP contribution is -2.45. The van der Waals surface area contributed by atoms with Gasteiger partial charge in [0.2, 0.25) is 0 Å². The first-order valence-corrected chi connectivity index (χ1v) is 16.3. The van der Waals surface area contributed by atoms with E-state index in [1.165, 1.54) is 33.5 Å². The molecule has 5 nitrogen and oxygen atoms in total. The van der Waals surface area contributed by atoms with Gasteiger partial charge in [-0.2, -0.15) is 0 Å². The van der Waals surface area contributed by atoms with Crippen molar-refractivity contribution in [2.24, 2.45) is 0 Å². The average molecular weight is 590 g/mol. The summed E-state index contributed by atoms with van der Waals surface area (Å²) in [5, 5.41) is 3.83. The Morgan fingerprint density at radius 1 is 0.750 bits per heavy atom. The van der Waals surface area contributed by atoms with Gasteiger partial charge in [-0.15, -0.1) is 0 Å². The highest BCUT2D eigenvalue weighted by atomic mass is 16.6. The van der Waals surface area contributed by atoms with Gasteiger partial charge in [0.1, 0.15) is 6.61 Å². The van der Waals surface area contributed by atoms with Crippen molar-refractivity contribution in [3.8, 4) is 0 Å². The molecule has 0 radical (unpaired) electrons. The highest BCUT2D eigenvalue weighted by molar-refractivity contribution is 5.68. The van der Waals surface area contributed by atoms with Crippen LogP contribution in [0.2, 0.25) is 0 Å². The fourth-order valence-corrected chi connectivity index (χ4v) is 6.23. The summed E-state index contributed by atoms with van der Waals surface area (Å²) in [6, 6.07) is 38.7. The number of ether oxygens (including phenoxy) is 1. The SMILES string of the molecule is CCc1cccc(CC)c1NC1CCN(C(=O)OC[C@@H](Cc2ccccc2)N(Cc2ccccc2)Cc2ccccc2)CC1. The second-order valence-electron chi connectivity index (χ2n) is 11.9. The molecule has 1 fully saturated rings. The molecule has 4 aromatic carbocycles. The summed E-state index contributed by atoms with van der Waals surface area (Å²) in [6.45, 7) is 7.73. The molecular formula is C39H47N3O2. The summed E-state index contributed by atoms with van der Waals surface area (Å²) < 4.78 is 6.12. The molecule has 0 bridgehead atoms. The third kappa shape index (κ3) is 8.73. The molecule has 1 amide bonds. The number of hydrogen-bond acceptors (Lipinski definition) is 4. The van der Waals surface area contributed by atoms with Crippen LogP contribution in [-0.4, -0.2) is 47.7 Å². The van der Waals surface area contributed by atoms with Gasteiger partial charge in [0.25, 0.3) is 0 Å².